The van der Waals surface area contributed by atoms with Crippen molar-refractivity contribution < 1.29 is 14.6 Å². The molecule has 188 valence electrons. The van der Waals surface area contributed by atoms with Crippen LogP contribution in [0, 0.1) is 0 Å². The fraction of sp³-hybridized carbons (Fsp3) is 0.200. The molecule has 0 amide bonds. The molecule has 0 atom stereocenters. The molecular formula is C30H30N4O3. The van der Waals surface area contributed by atoms with Gasteiger partial charge in [0.05, 0.1) is 29.6 Å². The third-order valence-corrected chi connectivity index (χ3v) is 6.50. The number of nitrogens with zero attached hydrogens (tertiary/aromatic N) is 3. The van der Waals surface area contributed by atoms with Crippen LogP contribution in [-0.2, 0) is 17.8 Å². The lowest BCUT2D eigenvalue weighted by atomic mass is 10.00. The Kier molecular flexibility index (Phi) is 6.54. The highest BCUT2D eigenvalue weighted by Crippen LogP contribution is 2.33. The van der Waals surface area contributed by atoms with E-state index in [2.05, 4.69) is 53.8 Å². The highest BCUT2D eigenvalue weighted by Gasteiger charge is 2.20. The average Bonchev–Trinajstić information content (AvgIpc) is 3.42. The number of aryl methyl sites for hydroxylation is 1. The summed E-state index contributed by atoms with van der Waals surface area (Å²) in [5.41, 5.74) is 6.32. The Labute approximate surface area is 215 Å². The van der Waals surface area contributed by atoms with Crippen LogP contribution in [0.3, 0.4) is 0 Å². The molecule has 0 fully saturated rings. The lowest BCUT2D eigenvalue weighted by Gasteiger charge is -2.10. The van der Waals surface area contributed by atoms with Crippen molar-refractivity contribution in [3.63, 3.8) is 0 Å². The molecule has 0 aliphatic heterocycles. The zero-order chi connectivity index (χ0) is 26.1. The number of aromatic hydroxyl groups is 1. The zero-order valence-corrected chi connectivity index (χ0v) is 21.4. The van der Waals surface area contributed by atoms with Crippen molar-refractivity contribution in [3.05, 3.63) is 95.2 Å². The summed E-state index contributed by atoms with van der Waals surface area (Å²) in [5.74, 6) is -0.443. The fourth-order valence-electron chi connectivity index (χ4n) is 4.81. The molecule has 7 heteroatoms. The molecule has 5 aromatic rings. The SMILES string of the molecule is CCn1cc(CN(C)C)c2cc(N=C(c3ccccc3)c3c(O)[nH]c4cc(C(=O)OC)ccc34)ccc21. The van der Waals surface area contributed by atoms with Gasteiger partial charge in [-0.2, -0.15) is 0 Å². The second-order valence-corrected chi connectivity index (χ2v) is 9.31. The van der Waals surface area contributed by atoms with Gasteiger partial charge < -0.3 is 24.3 Å². The summed E-state index contributed by atoms with van der Waals surface area (Å²) in [4.78, 5) is 22.3. The number of hydrogen-bond donors (Lipinski definition) is 2. The smallest absolute Gasteiger partial charge is 0.337 e. The van der Waals surface area contributed by atoms with E-state index in [1.54, 1.807) is 12.1 Å². The maximum absolute atomic E-state index is 12.0. The number of carbonyl (C=O) groups is 1. The maximum Gasteiger partial charge on any atom is 0.337 e. The van der Waals surface area contributed by atoms with Gasteiger partial charge in [-0.25, -0.2) is 9.79 Å². The lowest BCUT2D eigenvalue weighted by Crippen LogP contribution is -2.10. The van der Waals surface area contributed by atoms with Crippen LogP contribution in [0.4, 0.5) is 5.69 Å². The average molecular weight is 495 g/mol. The minimum absolute atomic E-state index is 0.00821. The number of aromatic nitrogens is 2. The molecule has 2 N–H and O–H groups in total. The Morgan fingerprint density at radius 2 is 1.81 bits per heavy atom. The van der Waals surface area contributed by atoms with Gasteiger partial charge >= 0.3 is 5.97 Å². The van der Waals surface area contributed by atoms with Gasteiger partial charge in [0.1, 0.15) is 0 Å². The molecule has 0 radical (unpaired) electrons. The van der Waals surface area contributed by atoms with Gasteiger partial charge in [0.15, 0.2) is 5.88 Å². The van der Waals surface area contributed by atoms with Gasteiger partial charge in [0.25, 0.3) is 0 Å². The van der Waals surface area contributed by atoms with Crippen LogP contribution in [-0.4, -0.2) is 52.4 Å². The van der Waals surface area contributed by atoms with E-state index in [9.17, 15) is 9.90 Å². The number of aromatic amines is 1. The monoisotopic (exact) mass is 494 g/mol. The van der Waals surface area contributed by atoms with Crippen LogP contribution in [0.15, 0.2) is 77.9 Å². The number of H-pyrrole nitrogens is 1. The van der Waals surface area contributed by atoms with Gasteiger partial charge in [0, 0.05) is 46.7 Å². The second-order valence-electron chi connectivity index (χ2n) is 9.31. The normalized spacial score (nSPS) is 12.1. The van der Waals surface area contributed by atoms with Crippen LogP contribution in [0.2, 0.25) is 0 Å². The number of hydrogen-bond acceptors (Lipinski definition) is 5. The molecule has 0 aliphatic carbocycles. The van der Waals surface area contributed by atoms with Crippen LogP contribution >= 0.6 is 0 Å². The Bertz CT molecular complexity index is 1630. The summed E-state index contributed by atoms with van der Waals surface area (Å²) in [5, 5.41) is 12.9. The number of fused-ring (bicyclic) bond motifs is 2. The molecule has 0 unspecified atom stereocenters. The molecule has 7 nitrogen and oxygen atoms in total. The number of carbonyl (C=O) groups excluding carboxylic acids is 1. The van der Waals surface area contributed by atoms with Crippen molar-refractivity contribution in [3.8, 4) is 5.88 Å². The first-order valence-electron chi connectivity index (χ1n) is 12.2. The Morgan fingerprint density at radius 1 is 1.03 bits per heavy atom. The molecule has 0 saturated heterocycles. The van der Waals surface area contributed by atoms with Crippen LogP contribution in [0.25, 0.3) is 21.8 Å². The van der Waals surface area contributed by atoms with Crippen molar-refractivity contribution in [1.82, 2.24) is 14.5 Å². The summed E-state index contributed by atoms with van der Waals surface area (Å²) < 4.78 is 7.11. The van der Waals surface area contributed by atoms with Gasteiger partial charge in [-0.05, 0) is 56.9 Å². The quantitative estimate of drug-likeness (QED) is 0.219. The lowest BCUT2D eigenvalue weighted by molar-refractivity contribution is 0.0601. The molecule has 3 aromatic carbocycles. The summed E-state index contributed by atoms with van der Waals surface area (Å²) in [6, 6.07) is 21.2. The van der Waals surface area contributed by atoms with Crippen LogP contribution in [0.5, 0.6) is 5.88 Å². The van der Waals surface area contributed by atoms with Crippen molar-refractivity contribution in [1.29, 1.82) is 0 Å². The second kappa shape index (κ2) is 9.95. The first-order chi connectivity index (χ1) is 17.9. The largest absolute Gasteiger partial charge is 0.494 e. The first kappa shape index (κ1) is 24.3. The van der Waals surface area contributed by atoms with E-state index < -0.39 is 5.97 Å². The minimum Gasteiger partial charge on any atom is -0.494 e. The summed E-state index contributed by atoms with van der Waals surface area (Å²) in [7, 11) is 5.48. The van der Waals surface area contributed by atoms with Crippen molar-refractivity contribution >= 4 is 39.2 Å². The number of methoxy groups -OCH3 is 1. The molecule has 37 heavy (non-hydrogen) atoms. The van der Waals surface area contributed by atoms with Crippen molar-refractivity contribution in [2.45, 2.75) is 20.0 Å². The minimum atomic E-state index is -0.435. The van der Waals surface area contributed by atoms with Gasteiger partial charge in [-0.1, -0.05) is 36.4 Å². The number of ether oxygens (including phenoxy) is 1. The third kappa shape index (κ3) is 4.61. The van der Waals surface area contributed by atoms with Crippen molar-refractivity contribution in [2.75, 3.05) is 21.2 Å². The summed E-state index contributed by atoms with van der Waals surface area (Å²) >= 11 is 0. The van der Waals surface area contributed by atoms with E-state index in [0.717, 1.165) is 35.1 Å². The predicted molar refractivity (Wildman–Crippen MR) is 148 cm³/mol. The Balaban J connectivity index is 1.71. The van der Waals surface area contributed by atoms with E-state index >= 15 is 0 Å². The highest BCUT2D eigenvalue weighted by atomic mass is 16.5. The molecule has 5 rings (SSSR count). The molecule has 2 heterocycles. The van der Waals surface area contributed by atoms with Crippen LogP contribution < -0.4 is 0 Å². The standard InChI is InChI=1S/C30H30N4O3/c1-5-34-18-21(17-33(2)3)24-16-22(12-14-26(24)34)31-28(19-9-7-6-8-10-19)27-23-13-11-20(30(36)37-4)15-25(23)32-29(27)35/h6-16,18,32,35H,5,17H2,1-4H3. The third-order valence-electron chi connectivity index (χ3n) is 6.50. The van der Waals surface area contributed by atoms with Gasteiger partial charge in [-0.3, -0.25) is 0 Å². The predicted octanol–water partition coefficient (Wildman–Crippen LogP) is 5.87. The van der Waals surface area contributed by atoms with Crippen molar-refractivity contribution in [2.24, 2.45) is 4.99 Å². The number of rotatable bonds is 7. The Hall–Kier alpha value is -4.36. The summed E-state index contributed by atoms with van der Waals surface area (Å²) in [6.45, 7) is 3.86. The van der Waals surface area contributed by atoms with E-state index in [-0.39, 0.29) is 5.88 Å². The fourth-order valence-corrected chi connectivity index (χ4v) is 4.81. The van der Waals surface area contributed by atoms with Gasteiger partial charge in [-0.15, -0.1) is 0 Å². The number of nitrogens with one attached hydrogen (secondary N) is 1. The molecule has 0 aliphatic rings. The molecular weight excluding hydrogens is 464 g/mol. The molecule has 0 bridgehead atoms. The van der Waals surface area contributed by atoms with E-state index in [1.165, 1.54) is 18.2 Å². The van der Waals surface area contributed by atoms with Gasteiger partial charge in [0.2, 0.25) is 0 Å². The molecule has 0 saturated carbocycles. The number of benzene rings is 3. The number of esters is 1. The maximum atomic E-state index is 12.0. The molecule has 0 spiro atoms. The van der Waals surface area contributed by atoms with Crippen LogP contribution in [0.1, 0.15) is 34.0 Å². The first-order valence-corrected chi connectivity index (χ1v) is 12.2. The molecule has 2 aromatic heterocycles. The topological polar surface area (TPSA) is 82.9 Å². The zero-order valence-electron chi connectivity index (χ0n) is 21.4. The highest BCUT2D eigenvalue weighted by molar-refractivity contribution is 6.22. The van der Waals surface area contributed by atoms with E-state index in [0.29, 0.717) is 22.4 Å². The van der Waals surface area contributed by atoms with E-state index in [4.69, 9.17) is 9.73 Å². The number of aliphatic imine (C=N–C) groups is 1. The summed E-state index contributed by atoms with van der Waals surface area (Å²) in [6.07, 6.45) is 2.21. The Morgan fingerprint density at radius 3 is 2.51 bits per heavy atom. The van der Waals surface area contributed by atoms with E-state index in [1.807, 2.05) is 42.5 Å².